The van der Waals surface area contributed by atoms with E-state index < -0.39 is 43.0 Å². The molecule has 158 valence electrons. The molecule has 0 radical (unpaired) electrons. The van der Waals surface area contributed by atoms with E-state index in [2.05, 4.69) is 14.6 Å². The van der Waals surface area contributed by atoms with Crippen LogP contribution < -0.4 is 4.72 Å². The number of carbonyl (C=O) groups excluding carboxylic acids is 1. The summed E-state index contributed by atoms with van der Waals surface area (Å²) in [6.07, 6.45) is 0.776. The lowest BCUT2D eigenvalue weighted by atomic mass is 10.1. The zero-order valence-electron chi connectivity index (χ0n) is 15.2. The Morgan fingerprint density at radius 1 is 1.31 bits per heavy atom. The quantitative estimate of drug-likeness (QED) is 0.640. The Hall–Kier alpha value is -2.35. The predicted octanol–water partition coefficient (Wildman–Crippen LogP) is 0.732. The topological polar surface area (TPSA) is 136 Å². The number of ether oxygens (including phenoxy) is 1. The monoisotopic (exact) mass is 447 g/mol. The van der Waals surface area contributed by atoms with Gasteiger partial charge in [-0.25, -0.2) is 30.7 Å². The summed E-state index contributed by atoms with van der Waals surface area (Å²) < 4.78 is 76.4. The van der Waals surface area contributed by atoms with Crippen molar-refractivity contribution in [1.82, 2.24) is 14.2 Å². The van der Waals surface area contributed by atoms with E-state index in [0.29, 0.717) is 12.8 Å². The molecule has 2 aromatic rings. The SMILES string of the molecule is COC(=O)c1cc(S(=O)(=O)N2CCCC(NS(=O)(=O)c3cccc(F)c3)C2)on1. The Morgan fingerprint density at radius 2 is 2.07 bits per heavy atom. The minimum absolute atomic E-state index is 0.134. The van der Waals surface area contributed by atoms with Crippen LogP contribution in [0.5, 0.6) is 0 Å². The van der Waals surface area contributed by atoms with Gasteiger partial charge in [0.1, 0.15) is 5.82 Å². The van der Waals surface area contributed by atoms with Crippen molar-refractivity contribution in [3.05, 3.63) is 41.8 Å². The highest BCUT2D eigenvalue weighted by molar-refractivity contribution is 7.89. The van der Waals surface area contributed by atoms with Gasteiger partial charge in [-0.3, -0.25) is 0 Å². The molecule has 0 aliphatic carbocycles. The highest BCUT2D eigenvalue weighted by atomic mass is 32.2. The van der Waals surface area contributed by atoms with E-state index in [4.69, 9.17) is 4.52 Å². The van der Waals surface area contributed by atoms with E-state index in [0.717, 1.165) is 29.6 Å². The molecule has 29 heavy (non-hydrogen) atoms. The van der Waals surface area contributed by atoms with Crippen molar-refractivity contribution in [3.63, 3.8) is 0 Å². The van der Waals surface area contributed by atoms with Gasteiger partial charge in [0, 0.05) is 25.2 Å². The number of halogens is 1. The molecule has 2 heterocycles. The molecule has 0 spiro atoms. The molecule has 13 heteroatoms. The van der Waals surface area contributed by atoms with Crippen LogP contribution in [0.3, 0.4) is 0 Å². The number of piperidine rings is 1. The zero-order chi connectivity index (χ0) is 21.2. The number of benzene rings is 1. The third-order valence-corrected chi connectivity index (χ3v) is 7.52. The Bertz CT molecular complexity index is 1120. The van der Waals surface area contributed by atoms with E-state index in [-0.39, 0.29) is 23.7 Å². The van der Waals surface area contributed by atoms with Crippen LogP contribution in [0, 0.1) is 5.82 Å². The second-order valence-corrected chi connectivity index (χ2v) is 9.89. The van der Waals surface area contributed by atoms with Gasteiger partial charge in [-0.15, -0.1) is 0 Å². The lowest BCUT2D eigenvalue weighted by Crippen LogP contribution is -2.49. The van der Waals surface area contributed by atoms with Gasteiger partial charge in [-0.1, -0.05) is 11.2 Å². The fourth-order valence-electron chi connectivity index (χ4n) is 2.89. The summed E-state index contributed by atoms with van der Waals surface area (Å²) >= 11 is 0. The fraction of sp³-hybridized carbons (Fsp3) is 0.375. The summed E-state index contributed by atoms with van der Waals surface area (Å²) in [5, 5.41) is 2.82. The number of methoxy groups -OCH3 is 1. The van der Waals surface area contributed by atoms with Crippen molar-refractivity contribution in [2.45, 2.75) is 28.9 Å². The van der Waals surface area contributed by atoms with Crippen LogP contribution in [0.15, 0.2) is 44.8 Å². The summed E-state index contributed by atoms with van der Waals surface area (Å²) in [5.74, 6) is -1.55. The number of sulfonamides is 2. The summed E-state index contributed by atoms with van der Waals surface area (Å²) in [7, 11) is -7.06. The number of nitrogens with zero attached hydrogens (tertiary/aromatic N) is 2. The highest BCUT2D eigenvalue weighted by Gasteiger charge is 2.35. The molecular formula is C16H18FN3O7S2. The van der Waals surface area contributed by atoms with Crippen LogP contribution in [0.2, 0.25) is 0 Å². The van der Waals surface area contributed by atoms with Gasteiger partial charge in [0.25, 0.3) is 15.1 Å². The zero-order valence-corrected chi connectivity index (χ0v) is 16.9. The molecule has 1 aromatic heterocycles. The maximum atomic E-state index is 13.3. The Balaban J connectivity index is 1.76. The molecule has 0 bridgehead atoms. The van der Waals surface area contributed by atoms with Crippen LogP contribution in [0.25, 0.3) is 0 Å². The number of nitrogens with one attached hydrogen (secondary N) is 1. The Morgan fingerprint density at radius 3 is 2.76 bits per heavy atom. The maximum absolute atomic E-state index is 13.3. The number of hydrogen-bond donors (Lipinski definition) is 1. The normalized spacial score (nSPS) is 18.5. The van der Waals surface area contributed by atoms with Crippen molar-refractivity contribution >= 4 is 26.0 Å². The molecule has 10 nitrogen and oxygen atoms in total. The Kier molecular flexibility index (Phi) is 6.03. The predicted molar refractivity (Wildman–Crippen MR) is 96.3 cm³/mol. The molecule has 1 aliphatic heterocycles. The van der Waals surface area contributed by atoms with Crippen molar-refractivity contribution in [2.24, 2.45) is 0 Å². The smallest absolute Gasteiger partial charge is 0.360 e. The molecule has 1 fully saturated rings. The van der Waals surface area contributed by atoms with E-state index in [9.17, 15) is 26.0 Å². The molecule has 1 aromatic carbocycles. The standard InChI is InChI=1S/C16H18FN3O7S2/c1-26-16(21)14-9-15(27-18-14)29(24,25)20-7-3-5-12(10-20)19-28(22,23)13-6-2-4-11(17)8-13/h2,4,6,8-9,12,19H,3,5,7,10H2,1H3. The first-order valence-electron chi connectivity index (χ1n) is 8.46. The van der Waals surface area contributed by atoms with Crippen LogP contribution in [-0.2, 0) is 24.8 Å². The van der Waals surface area contributed by atoms with E-state index in [1.54, 1.807) is 0 Å². The first-order valence-corrected chi connectivity index (χ1v) is 11.4. The lowest BCUT2D eigenvalue weighted by Gasteiger charge is -2.31. The third kappa shape index (κ3) is 4.63. The lowest BCUT2D eigenvalue weighted by molar-refractivity contribution is 0.0588. The highest BCUT2D eigenvalue weighted by Crippen LogP contribution is 2.23. The van der Waals surface area contributed by atoms with Crippen molar-refractivity contribution in [1.29, 1.82) is 0 Å². The second-order valence-electron chi connectivity index (χ2n) is 6.30. The summed E-state index contributed by atoms with van der Waals surface area (Å²) in [6.45, 7) is -0.0279. The van der Waals surface area contributed by atoms with Gasteiger partial charge in [-0.05, 0) is 31.0 Å². The fourth-order valence-corrected chi connectivity index (χ4v) is 5.57. The number of rotatable bonds is 6. The van der Waals surface area contributed by atoms with Crippen molar-refractivity contribution in [3.8, 4) is 0 Å². The van der Waals surface area contributed by atoms with Crippen LogP contribution in [0.1, 0.15) is 23.3 Å². The van der Waals surface area contributed by atoms with Gasteiger partial charge in [0.05, 0.1) is 12.0 Å². The number of hydrogen-bond acceptors (Lipinski definition) is 8. The number of esters is 1. The maximum Gasteiger partial charge on any atom is 0.360 e. The van der Waals surface area contributed by atoms with Gasteiger partial charge in [0.15, 0.2) is 5.69 Å². The van der Waals surface area contributed by atoms with E-state index in [1.165, 1.54) is 12.1 Å². The molecular weight excluding hydrogens is 429 g/mol. The Labute approximate surface area is 166 Å². The average molecular weight is 447 g/mol. The minimum atomic E-state index is -4.14. The van der Waals surface area contributed by atoms with Gasteiger partial charge >= 0.3 is 5.97 Å². The first kappa shape index (κ1) is 21.4. The van der Waals surface area contributed by atoms with Crippen LogP contribution in [0.4, 0.5) is 4.39 Å². The van der Waals surface area contributed by atoms with Gasteiger partial charge in [0.2, 0.25) is 10.0 Å². The van der Waals surface area contributed by atoms with Crippen LogP contribution >= 0.6 is 0 Å². The largest absolute Gasteiger partial charge is 0.464 e. The molecule has 0 saturated carbocycles. The van der Waals surface area contributed by atoms with E-state index >= 15 is 0 Å². The summed E-state index contributed by atoms with van der Waals surface area (Å²) in [5.41, 5.74) is -0.300. The molecule has 1 unspecified atom stereocenters. The van der Waals surface area contributed by atoms with Gasteiger partial charge < -0.3 is 9.26 Å². The summed E-state index contributed by atoms with van der Waals surface area (Å²) in [6, 6.07) is 4.73. The van der Waals surface area contributed by atoms with E-state index in [1.807, 2.05) is 0 Å². The van der Waals surface area contributed by atoms with Crippen molar-refractivity contribution < 1.29 is 35.3 Å². The minimum Gasteiger partial charge on any atom is -0.464 e. The molecule has 1 atom stereocenters. The molecule has 3 rings (SSSR count). The number of carbonyl (C=O) groups is 1. The first-order chi connectivity index (χ1) is 13.6. The molecule has 1 aliphatic rings. The van der Waals surface area contributed by atoms with Crippen molar-refractivity contribution in [2.75, 3.05) is 20.2 Å². The molecule has 1 saturated heterocycles. The third-order valence-electron chi connectivity index (χ3n) is 4.29. The van der Waals surface area contributed by atoms with Gasteiger partial charge in [-0.2, -0.15) is 4.31 Å². The number of aromatic nitrogens is 1. The van der Waals surface area contributed by atoms with Crippen LogP contribution in [-0.4, -0.2) is 58.5 Å². The average Bonchev–Trinajstić information content (AvgIpc) is 3.18. The summed E-state index contributed by atoms with van der Waals surface area (Å²) in [4.78, 5) is 11.2. The second kappa shape index (κ2) is 8.18. The molecule has 0 amide bonds. The molecule has 1 N–H and O–H groups in total.